The summed E-state index contributed by atoms with van der Waals surface area (Å²) in [6, 6.07) is 5.63. The number of benzene rings is 1. The van der Waals surface area contributed by atoms with Crippen LogP contribution in [0.15, 0.2) is 29.4 Å². The average molecular weight is 249 g/mol. The molecule has 0 aliphatic heterocycles. The Labute approximate surface area is 103 Å². The first-order valence-electron chi connectivity index (χ1n) is 5.26. The lowest BCUT2D eigenvalue weighted by atomic mass is 10.3. The summed E-state index contributed by atoms with van der Waals surface area (Å²) >= 11 is 0. The molecular weight excluding hydrogens is 237 g/mol. The van der Waals surface area contributed by atoms with E-state index < -0.39 is 0 Å². The van der Waals surface area contributed by atoms with E-state index in [-0.39, 0.29) is 5.82 Å². The van der Waals surface area contributed by atoms with E-state index in [0.29, 0.717) is 22.9 Å². The molecule has 0 spiro atoms. The zero-order valence-corrected chi connectivity index (χ0v) is 9.96. The minimum Gasteiger partial charge on any atom is -0.439 e. The zero-order valence-electron chi connectivity index (χ0n) is 9.96. The summed E-state index contributed by atoms with van der Waals surface area (Å²) in [5.41, 5.74) is 1.25. The molecule has 2 rings (SSSR count). The molecule has 0 saturated carbocycles. The standard InChI is InChI=1S/C12H12FN3O2/c1-8-11(7-14-17)12(16(2)15-8)18-10-5-3-9(13)4-6-10/h3-7,17H,1-2H3/b14-7+. The van der Waals surface area contributed by atoms with Gasteiger partial charge in [-0.3, -0.25) is 0 Å². The van der Waals surface area contributed by atoms with Crippen LogP contribution < -0.4 is 4.74 Å². The lowest BCUT2D eigenvalue weighted by Crippen LogP contribution is -1.97. The monoisotopic (exact) mass is 249 g/mol. The predicted molar refractivity (Wildman–Crippen MR) is 63.8 cm³/mol. The average Bonchev–Trinajstić information content (AvgIpc) is 2.59. The van der Waals surface area contributed by atoms with Crippen molar-refractivity contribution in [3.63, 3.8) is 0 Å². The summed E-state index contributed by atoms with van der Waals surface area (Å²) in [7, 11) is 1.71. The van der Waals surface area contributed by atoms with Gasteiger partial charge in [0.15, 0.2) is 0 Å². The highest BCUT2D eigenvalue weighted by atomic mass is 19.1. The predicted octanol–water partition coefficient (Wildman–Crippen LogP) is 2.47. The maximum absolute atomic E-state index is 12.8. The third-order valence-corrected chi connectivity index (χ3v) is 2.43. The molecule has 1 N–H and O–H groups in total. The summed E-state index contributed by atoms with van der Waals surface area (Å²) in [5, 5.41) is 15.7. The highest BCUT2D eigenvalue weighted by Crippen LogP contribution is 2.25. The van der Waals surface area contributed by atoms with Crippen molar-refractivity contribution < 1.29 is 14.3 Å². The van der Waals surface area contributed by atoms with Crippen molar-refractivity contribution >= 4 is 6.21 Å². The number of aryl methyl sites for hydroxylation is 2. The molecule has 0 bridgehead atoms. The van der Waals surface area contributed by atoms with E-state index in [9.17, 15) is 4.39 Å². The van der Waals surface area contributed by atoms with Gasteiger partial charge in [0.2, 0.25) is 5.88 Å². The van der Waals surface area contributed by atoms with Crippen LogP contribution in [0.4, 0.5) is 4.39 Å². The summed E-state index contributed by atoms with van der Waals surface area (Å²) in [4.78, 5) is 0. The Morgan fingerprint density at radius 3 is 2.67 bits per heavy atom. The maximum Gasteiger partial charge on any atom is 0.226 e. The molecule has 0 unspecified atom stereocenters. The molecule has 0 aliphatic rings. The molecule has 1 aromatic heterocycles. The van der Waals surface area contributed by atoms with Crippen molar-refractivity contribution in [2.45, 2.75) is 6.92 Å². The molecule has 0 radical (unpaired) electrons. The first-order valence-corrected chi connectivity index (χ1v) is 5.26. The van der Waals surface area contributed by atoms with Crippen LogP contribution in [-0.4, -0.2) is 21.2 Å². The molecule has 1 aromatic carbocycles. The van der Waals surface area contributed by atoms with Gasteiger partial charge in [-0.25, -0.2) is 9.07 Å². The Morgan fingerprint density at radius 1 is 1.39 bits per heavy atom. The Morgan fingerprint density at radius 2 is 2.06 bits per heavy atom. The molecule has 0 amide bonds. The molecule has 1 heterocycles. The Bertz CT molecular complexity index is 576. The SMILES string of the molecule is Cc1nn(C)c(Oc2ccc(F)cc2)c1/C=N/O. The van der Waals surface area contributed by atoms with E-state index in [0.717, 1.165) is 0 Å². The Balaban J connectivity index is 2.36. The molecule has 0 aliphatic carbocycles. The fourth-order valence-corrected chi connectivity index (χ4v) is 1.60. The zero-order chi connectivity index (χ0) is 13.1. The highest BCUT2D eigenvalue weighted by molar-refractivity contribution is 5.84. The smallest absolute Gasteiger partial charge is 0.226 e. The third kappa shape index (κ3) is 2.32. The molecule has 94 valence electrons. The summed E-state index contributed by atoms with van der Waals surface area (Å²) in [6.07, 6.45) is 1.25. The van der Waals surface area contributed by atoms with Crippen LogP contribution in [0.1, 0.15) is 11.3 Å². The number of ether oxygens (including phenoxy) is 1. The van der Waals surface area contributed by atoms with Crippen LogP contribution >= 0.6 is 0 Å². The van der Waals surface area contributed by atoms with Gasteiger partial charge in [-0.2, -0.15) is 5.10 Å². The number of nitrogens with zero attached hydrogens (tertiary/aromatic N) is 3. The van der Waals surface area contributed by atoms with Crippen LogP contribution in [0.5, 0.6) is 11.6 Å². The topological polar surface area (TPSA) is 59.6 Å². The second kappa shape index (κ2) is 4.87. The van der Waals surface area contributed by atoms with Gasteiger partial charge in [-0.1, -0.05) is 5.16 Å². The van der Waals surface area contributed by atoms with Gasteiger partial charge < -0.3 is 9.94 Å². The van der Waals surface area contributed by atoms with Crippen molar-refractivity contribution in [2.24, 2.45) is 12.2 Å². The molecule has 6 heteroatoms. The molecule has 18 heavy (non-hydrogen) atoms. The van der Waals surface area contributed by atoms with Gasteiger partial charge in [0, 0.05) is 7.05 Å². The van der Waals surface area contributed by atoms with Crippen LogP contribution in [-0.2, 0) is 7.05 Å². The number of halogens is 1. The van der Waals surface area contributed by atoms with Gasteiger partial charge in [-0.05, 0) is 31.2 Å². The number of aromatic nitrogens is 2. The quantitative estimate of drug-likeness (QED) is 0.516. The Hall–Kier alpha value is -2.37. The largest absolute Gasteiger partial charge is 0.439 e. The lowest BCUT2D eigenvalue weighted by molar-refractivity contribution is 0.321. The van der Waals surface area contributed by atoms with Crippen LogP contribution in [0, 0.1) is 12.7 Å². The van der Waals surface area contributed by atoms with E-state index in [1.165, 1.54) is 35.2 Å². The van der Waals surface area contributed by atoms with E-state index >= 15 is 0 Å². The van der Waals surface area contributed by atoms with E-state index in [4.69, 9.17) is 9.94 Å². The fraction of sp³-hybridized carbons (Fsp3) is 0.167. The van der Waals surface area contributed by atoms with Crippen molar-refractivity contribution in [3.05, 3.63) is 41.3 Å². The van der Waals surface area contributed by atoms with Crippen LogP contribution in [0.25, 0.3) is 0 Å². The normalized spacial score (nSPS) is 11.1. The van der Waals surface area contributed by atoms with Gasteiger partial charge >= 0.3 is 0 Å². The first-order chi connectivity index (χ1) is 8.61. The van der Waals surface area contributed by atoms with Crippen LogP contribution in [0.2, 0.25) is 0 Å². The molecule has 5 nitrogen and oxygen atoms in total. The second-order valence-corrected chi connectivity index (χ2v) is 3.73. The van der Waals surface area contributed by atoms with Gasteiger partial charge in [0.1, 0.15) is 11.6 Å². The molecule has 2 aromatic rings. The summed E-state index contributed by atoms with van der Waals surface area (Å²) < 4.78 is 19.9. The maximum atomic E-state index is 12.8. The highest BCUT2D eigenvalue weighted by Gasteiger charge is 2.14. The van der Waals surface area contributed by atoms with Gasteiger partial charge in [-0.15, -0.1) is 0 Å². The number of oxime groups is 1. The van der Waals surface area contributed by atoms with Crippen molar-refractivity contribution in [3.8, 4) is 11.6 Å². The van der Waals surface area contributed by atoms with E-state index in [1.807, 2.05) is 0 Å². The second-order valence-electron chi connectivity index (χ2n) is 3.73. The molecular formula is C12H12FN3O2. The molecule has 0 fully saturated rings. The van der Waals surface area contributed by atoms with Crippen molar-refractivity contribution in [1.29, 1.82) is 0 Å². The first kappa shape index (κ1) is 12.1. The van der Waals surface area contributed by atoms with Gasteiger partial charge in [0.25, 0.3) is 0 Å². The van der Waals surface area contributed by atoms with Crippen molar-refractivity contribution in [1.82, 2.24) is 9.78 Å². The van der Waals surface area contributed by atoms with Gasteiger partial charge in [0.05, 0.1) is 17.5 Å². The van der Waals surface area contributed by atoms with Crippen molar-refractivity contribution in [2.75, 3.05) is 0 Å². The summed E-state index contributed by atoms with van der Waals surface area (Å²) in [5.74, 6) is 0.574. The number of hydrogen-bond donors (Lipinski definition) is 1. The minimum absolute atomic E-state index is 0.333. The summed E-state index contributed by atoms with van der Waals surface area (Å²) in [6.45, 7) is 1.77. The minimum atomic E-state index is -0.333. The Kier molecular flexibility index (Phi) is 3.27. The molecule has 0 saturated heterocycles. The molecule has 0 atom stereocenters. The van der Waals surface area contributed by atoms with E-state index in [1.54, 1.807) is 14.0 Å². The lowest BCUT2D eigenvalue weighted by Gasteiger charge is -2.06. The fourth-order valence-electron chi connectivity index (χ4n) is 1.60. The number of hydrogen-bond acceptors (Lipinski definition) is 4. The van der Waals surface area contributed by atoms with Crippen LogP contribution in [0.3, 0.4) is 0 Å². The van der Waals surface area contributed by atoms with E-state index in [2.05, 4.69) is 10.3 Å². The third-order valence-electron chi connectivity index (χ3n) is 2.43. The number of rotatable bonds is 3.